The molecule has 2 fully saturated rings. The Balaban J connectivity index is 1.51. The molecule has 0 aromatic carbocycles. The van der Waals surface area contributed by atoms with Crippen molar-refractivity contribution in [3.63, 3.8) is 0 Å². The van der Waals surface area contributed by atoms with Crippen molar-refractivity contribution < 1.29 is 9.90 Å². The third-order valence-electron chi connectivity index (χ3n) is 4.33. The van der Waals surface area contributed by atoms with Crippen LogP contribution in [0.15, 0.2) is 24.4 Å². The molecule has 2 atom stereocenters. The number of carbonyl (C=O) groups excluding carboxylic acids is 1. The average Bonchev–Trinajstić information content (AvgIpc) is 2.77. The third-order valence-corrected chi connectivity index (χ3v) is 4.33. The Labute approximate surface area is 119 Å². The Morgan fingerprint density at radius 3 is 2.90 bits per heavy atom. The van der Waals surface area contributed by atoms with Gasteiger partial charge in [0.2, 0.25) is 5.91 Å². The molecule has 108 valence electrons. The van der Waals surface area contributed by atoms with Gasteiger partial charge in [-0.05, 0) is 25.0 Å². The van der Waals surface area contributed by atoms with Gasteiger partial charge in [0.15, 0.2) is 0 Å². The zero-order valence-electron chi connectivity index (χ0n) is 11.5. The largest absolute Gasteiger partial charge is 0.390 e. The zero-order valence-corrected chi connectivity index (χ0v) is 11.5. The van der Waals surface area contributed by atoms with Crippen molar-refractivity contribution in [1.82, 2.24) is 15.2 Å². The molecule has 2 heterocycles. The van der Waals surface area contributed by atoms with Gasteiger partial charge < -0.3 is 15.3 Å². The first-order valence-electron chi connectivity index (χ1n) is 7.34. The molecule has 1 aliphatic heterocycles. The lowest BCUT2D eigenvalue weighted by Gasteiger charge is -2.29. The first-order chi connectivity index (χ1) is 9.74. The highest BCUT2D eigenvalue weighted by Crippen LogP contribution is 2.29. The Morgan fingerprint density at radius 2 is 2.25 bits per heavy atom. The van der Waals surface area contributed by atoms with Gasteiger partial charge in [0.1, 0.15) is 0 Å². The third kappa shape index (κ3) is 2.83. The van der Waals surface area contributed by atoms with Gasteiger partial charge in [-0.1, -0.05) is 12.5 Å². The number of hydrogen-bond acceptors (Lipinski definition) is 4. The summed E-state index contributed by atoms with van der Waals surface area (Å²) in [6, 6.07) is 5.72. The van der Waals surface area contributed by atoms with E-state index in [9.17, 15) is 9.90 Å². The SMILES string of the molecule is O=C(C1CCC1)N1C[C@@H](O)[C@H](NCc2ccccn2)C1. The van der Waals surface area contributed by atoms with Crippen LogP contribution in [0.4, 0.5) is 0 Å². The number of hydrogen-bond donors (Lipinski definition) is 2. The van der Waals surface area contributed by atoms with Gasteiger partial charge in [0, 0.05) is 31.7 Å². The predicted octanol–water partition coefficient (Wildman–Crippen LogP) is 0.543. The van der Waals surface area contributed by atoms with Crippen LogP contribution < -0.4 is 5.32 Å². The van der Waals surface area contributed by atoms with Crippen molar-refractivity contribution in [2.24, 2.45) is 5.92 Å². The summed E-state index contributed by atoms with van der Waals surface area (Å²) in [5.41, 5.74) is 0.948. The fourth-order valence-electron chi connectivity index (χ4n) is 2.82. The van der Waals surface area contributed by atoms with E-state index in [2.05, 4.69) is 10.3 Å². The highest BCUT2D eigenvalue weighted by molar-refractivity contribution is 5.80. The van der Waals surface area contributed by atoms with Gasteiger partial charge in [-0.3, -0.25) is 9.78 Å². The summed E-state index contributed by atoms with van der Waals surface area (Å²) in [4.78, 5) is 18.2. The minimum absolute atomic E-state index is 0.0546. The summed E-state index contributed by atoms with van der Waals surface area (Å²) in [5, 5.41) is 13.4. The number of aliphatic hydroxyl groups is 1. The fraction of sp³-hybridized carbons (Fsp3) is 0.600. The molecule has 1 aromatic heterocycles. The number of pyridine rings is 1. The topological polar surface area (TPSA) is 65.5 Å². The van der Waals surface area contributed by atoms with Crippen LogP contribution in [-0.2, 0) is 11.3 Å². The molecular weight excluding hydrogens is 254 g/mol. The standard InChI is InChI=1S/C15H21N3O2/c19-14-10-18(15(20)11-4-3-5-11)9-13(14)17-8-12-6-1-2-7-16-12/h1-2,6-7,11,13-14,17,19H,3-5,8-10H2/t13-,14-/m1/s1. The molecule has 0 bridgehead atoms. The van der Waals surface area contributed by atoms with Gasteiger partial charge in [0.05, 0.1) is 17.8 Å². The lowest BCUT2D eigenvalue weighted by atomic mass is 9.84. The van der Waals surface area contributed by atoms with Crippen molar-refractivity contribution in [1.29, 1.82) is 0 Å². The number of nitrogens with zero attached hydrogens (tertiary/aromatic N) is 2. The van der Waals surface area contributed by atoms with Gasteiger partial charge in [-0.15, -0.1) is 0 Å². The number of aliphatic hydroxyl groups excluding tert-OH is 1. The molecule has 0 unspecified atom stereocenters. The summed E-state index contributed by atoms with van der Waals surface area (Å²) in [6.07, 6.45) is 4.46. The summed E-state index contributed by atoms with van der Waals surface area (Å²) < 4.78 is 0. The van der Waals surface area contributed by atoms with Crippen molar-refractivity contribution in [2.45, 2.75) is 38.0 Å². The second-order valence-electron chi connectivity index (χ2n) is 5.75. The second kappa shape index (κ2) is 5.89. The van der Waals surface area contributed by atoms with E-state index in [-0.39, 0.29) is 17.9 Å². The van der Waals surface area contributed by atoms with Crippen LogP contribution in [0.25, 0.3) is 0 Å². The number of nitrogens with one attached hydrogen (secondary N) is 1. The number of likely N-dealkylation sites (tertiary alicyclic amines) is 1. The van der Waals surface area contributed by atoms with E-state index >= 15 is 0 Å². The molecule has 1 aromatic rings. The van der Waals surface area contributed by atoms with Gasteiger partial charge in [-0.25, -0.2) is 0 Å². The van der Waals surface area contributed by atoms with Crippen molar-refractivity contribution in [3.05, 3.63) is 30.1 Å². The van der Waals surface area contributed by atoms with Crippen molar-refractivity contribution >= 4 is 5.91 Å². The minimum atomic E-state index is -0.484. The number of aromatic nitrogens is 1. The molecule has 0 spiro atoms. The lowest BCUT2D eigenvalue weighted by molar-refractivity contribution is -0.137. The number of carbonyl (C=O) groups is 1. The molecule has 1 amide bonds. The van der Waals surface area contributed by atoms with Crippen LogP contribution >= 0.6 is 0 Å². The highest BCUT2D eigenvalue weighted by atomic mass is 16.3. The van der Waals surface area contributed by atoms with Crippen LogP contribution in [0, 0.1) is 5.92 Å². The summed E-state index contributed by atoms with van der Waals surface area (Å²) in [7, 11) is 0. The molecule has 2 aliphatic rings. The van der Waals surface area contributed by atoms with Crippen LogP contribution in [0.3, 0.4) is 0 Å². The van der Waals surface area contributed by atoms with E-state index in [0.29, 0.717) is 19.6 Å². The van der Waals surface area contributed by atoms with Gasteiger partial charge in [-0.2, -0.15) is 0 Å². The van der Waals surface area contributed by atoms with Gasteiger partial charge in [0.25, 0.3) is 0 Å². The molecule has 20 heavy (non-hydrogen) atoms. The maximum absolute atomic E-state index is 12.2. The quantitative estimate of drug-likeness (QED) is 0.842. The van der Waals surface area contributed by atoms with Crippen molar-refractivity contribution in [3.8, 4) is 0 Å². The molecule has 1 aliphatic carbocycles. The Morgan fingerprint density at radius 1 is 1.40 bits per heavy atom. The minimum Gasteiger partial charge on any atom is -0.390 e. The normalized spacial score (nSPS) is 26.6. The predicted molar refractivity (Wildman–Crippen MR) is 74.8 cm³/mol. The molecule has 5 nitrogen and oxygen atoms in total. The first kappa shape index (κ1) is 13.5. The van der Waals surface area contributed by atoms with E-state index < -0.39 is 6.10 Å². The van der Waals surface area contributed by atoms with E-state index in [1.807, 2.05) is 23.1 Å². The smallest absolute Gasteiger partial charge is 0.225 e. The number of amides is 1. The maximum Gasteiger partial charge on any atom is 0.225 e. The van der Waals surface area contributed by atoms with Crippen molar-refractivity contribution in [2.75, 3.05) is 13.1 Å². The van der Waals surface area contributed by atoms with E-state index in [1.165, 1.54) is 0 Å². The first-order valence-corrected chi connectivity index (χ1v) is 7.34. The van der Waals surface area contributed by atoms with E-state index in [0.717, 1.165) is 25.0 Å². The monoisotopic (exact) mass is 275 g/mol. The average molecular weight is 275 g/mol. The summed E-state index contributed by atoms with van der Waals surface area (Å²) in [5.74, 6) is 0.425. The second-order valence-corrected chi connectivity index (χ2v) is 5.75. The molecular formula is C15H21N3O2. The zero-order chi connectivity index (χ0) is 13.9. The van der Waals surface area contributed by atoms with Crippen LogP contribution in [0.2, 0.25) is 0 Å². The molecule has 2 N–H and O–H groups in total. The molecule has 5 heteroatoms. The number of β-amino-alcohol motifs (C(OH)–C–C–N with tert-alkyl or cyclic N) is 1. The lowest BCUT2D eigenvalue weighted by Crippen LogP contribution is -2.40. The van der Waals surface area contributed by atoms with Crippen LogP contribution in [0.5, 0.6) is 0 Å². The Bertz CT molecular complexity index is 461. The highest BCUT2D eigenvalue weighted by Gasteiger charge is 2.37. The van der Waals surface area contributed by atoms with Gasteiger partial charge >= 0.3 is 0 Å². The Hall–Kier alpha value is -1.46. The fourth-order valence-corrected chi connectivity index (χ4v) is 2.82. The Kier molecular flexibility index (Phi) is 3.98. The van der Waals surface area contributed by atoms with E-state index in [1.54, 1.807) is 6.20 Å². The molecule has 3 rings (SSSR count). The molecule has 1 saturated carbocycles. The number of rotatable bonds is 4. The summed E-state index contributed by atoms with van der Waals surface area (Å²) in [6.45, 7) is 1.67. The molecule has 0 radical (unpaired) electrons. The molecule has 1 saturated heterocycles. The maximum atomic E-state index is 12.2. The van der Waals surface area contributed by atoms with Crippen LogP contribution in [-0.4, -0.2) is 46.1 Å². The summed E-state index contributed by atoms with van der Waals surface area (Å²) >= 11 is 0. The van der Waals surface area contributed by atoms with Crippen LogP contribution in [0.1, 0.15) is 25.0 Å². The van der Waals surface area contributed by atoms with E-state index in [4.69, 9.17) is 0 Å².